The van der Waals surface area contributed by atoms with Gasteiger partial charge in [0.1, 0.15) is 5.84 Å². The molecule has 0 unspecified atom stereocenters. The summed E-state index contributed by atoms with van der Waals surface area (Å²) < 4.78 is 32.6. The second-order valence-corrected chi connectivity index (χ2v) is 5.78. The third-order valence-corrected chi connectivity index (χ3v) is 4.24. The van der Waals surface area contributed by atoms with Gasteiger partial charge >= 0.3 is 0 Å². The van der Waals surface area contributed by atoms with E-state index in [1.165, 1.54) is 11.4 Å². The van der Waals surface area contributed by atoms with Gasteiger partial charge in [0.25, 0.3) is 10.2 Å². The van der Waals surface area contributed by atoms with E-state index in [4.69, 9.17) is 15.7 Å². The smallest absolute Gasteiger partial charge is 0.279 e. The van der Waals surface area contributed by atoms with Crippen LogP contribution >= 0.6 is 0 Å². The first kappa shape index (κ1) is 15.2. The van der Waals surface area contributed by atoms with Crippen molar-refractivity contribution in [1.29, 1.82) is 0 Å². The average molecular weight is 280 g/mol. The van der Waals surface area contributed by atoms with Crippen LogP contribution in [0.25, 0.3) is 0 Å². The lowest BCUT2D eigenvalue weighted by atomic mass is 10.4. The van der Waals surface area contributed by atoms with Gasteiger partial charge in [-0.1, -0.05) is 5.16 Å². The Bertz CT molecular complexity index is 380. The van der Waals surface area contributed by atoms with E-state index in [9.17, 15) is 8.42 Å². The second-order valence-electron chi connectivity index (χ2n) is 4.08. The molecule has 1 fully saturated rings. The van der Waals surface area contributed by atoms with Crippen LogP contribution in [0.3, 0.4) is 0 Å². The summed E-state index contributed by atoms with van der Waals surface area (Å²) in [6, 6.07) is 0.0246. The number of oxime groups is 1. The highest BCUT2D eigenvalue weighted by atomic mass is 32.2. The molecular formula is C9H20N4O4S. The molecule has 0 aliphatic heterocycles. The standard InChI is InChI=1S/C9H20N4O4S/c1-17-7-5-11-18(15,16)13(8-2-3-8)6-4-9(10)12-14/h8,11,14H,2-7H2,1H3,(H2,10,12). The third kappa shape index (κ3) is 4.77. The maximum atomic E-state index is 12.0. The molecule has 0 amide bonds. The number of hydrogen-bond donors (Lipinski definition) is 3. The van der Waals surface area contributed by atoms with Crippen molar-refractivity contribution in [3.05, 3.63) is 0 Å². The molecule has 8 nitrogen and oxygen atoms in total. The number of methoxy groups -OCH3 is 1. The van der Waals surface area contributed by atoms with Crippen LogP contribution in [0.1, 0.15) is 19.3 Å². The van der Waals surface area contributed by atoms with E-state index in [2.05, 4.69) is 9.88 Å². The molecule has 18 heavy (non-hydrogen) atoms. The van der Waals surface area contributed by atoms with Crippen molar-refractivity contribution in [2.75, 3.05) is 26.8 Å². The van der Waals surface area contributed by atoms with E-state index >= 15 is 0 Å². The Balaban J connectivity index is 2.54. The van der Waals surface area contributed by atoms with Gasteiger partial charge in [-0.15, -0.1) is 0 Å². The Morgan fingerprint density at radius 3 is 2.78 bits per heavy atom. The topological polar surface area (TPSA) is 117 Å². The number of ether oxygens (including phenoxy) is 1. The third-order valence-electron chi connectivity index (χ3n) is 2.57. The second kappa shape index (κ2) is 6.88. The molecule has 1 aliphatic rings. The van der Waals surface area contributed by atoms with E-state index < -0.39 is 10.2 Å². The summed E-state index contributed by atoms with van der Waals surface area (Å²) in [6.45, 7) is 0.756. The van der Waals surface area contributed by atoms with Crippen molar-refractivity contribution in [3.63, 3.8) is 0 Å². The van der Waals surface area contributed by atoms with Gasteiger partial charge in [0.15, 0.2) is 0 Å². The summed E-state index contributed by atoms with van der Waals surface area (Å²) >= 11 is 0. The quantitative estimate of drug-likeness (QED) is 0.166. The molecule has 9 heteroatoms. The molecule has 0 saturated heterocycles. The van der Waals surface area contributed by atoms with Crippen molar-refractivity contribution in [3.8, 4) is 0 Å². The molecule has 0 radical (unpaired) electrons. The van der Waals surface area contributed by atoms with Crippen LogP contribution in [-0.4, -0.2) is 56.6 Å². The molecule has 0 aromatic carbocycles. The van der Waals surface area contributed by atoms with Crippen LogP contribution in [0.5, 0.6) is 0 Å². The van der Waals surface area contributed by atoms with Crippen molar-refractivity contribution < 1.29 is 18.4 Å². The van der Waals surface area contributed by atoms with Crippen LogP contribution < -0.4 is 10.5 Å². The van der Waals surface area contributed by atoms with Crippen LogP contribution in [0, 0.1) is 0 Å². The Morgan fingerprint density at radius 1 is 1.61 bits per heavy atom. The molecule has 1 rings (SSSR count). The van der Waals surface area contributed by atoms with Gasteiger partial charge in [0.05, 0.1) is 6.61 Å². The van der Waals surface area contributed by atoms with Gasteiger partial charge in [-0.25, -0.2) is 0 Å². The van der Waals surface area contributed by atoms with E-state index in [-0.39, 0.29) is 31.4 Å². The summed E-state index contributed by atoms with van der Waals surface area (Å²) in [4.78, 5) is 0. The lowest BCUT2D eigenvalue weighted by Gasteiger charge is -2.21. The molecule has 0 bridgehead atoms. The van der Waals surface area contributed by atoms with Gasteiger partial charge in [-0.2, -0.15) is 17.4 Å². The number of nitrogens with zero attached hydrogens (tertiary/aromatic N) is 2. The van der Waals surface area contributed by atoms with Crippen molar-refractivity contribution in [2.24, 2.45) is 10.9 Å². The number of hydrogen-bond acceptors (Lipinski definition) is 5. The number of nitrogens with one attached hydrogen (secondary N) is 1. The Morgan fingerprint density at radius 2 is 2.28 bits per heavy atom. The SMILES string of the molecule is COCCNS(=O)(=O)N(CCC(N)=NO)C1CC1. The molecule has 1 saturated carbocycles. The summed E-state index contributed by atoms with van der Waals surface area (Å²) in [7, 11) is -2.02. The average Bonchev–Trinajstić information content (AvgIpc) is 3.13. The minimum atomic E-state index is -3.52. The van der Waals surface area contributed by atoms with E-state index in [1.807, 2.05) is 0 Å². The van der Waals surface area contributed by atoms with E-state index in [1.54, 1.807) is 0 Å². The largest absolute Gasteiger partial charge is 0.409 e. The fourth-order valence-electron chi connectivity index (χ4n) is 1.49. The van der Waals surface area contributed by atoms with E-state index in [0.29, 0.717) is 6.61 Å². The highest BCUT2D eigenvalue weighted by Crippen LogP contribution is 2.28. The van der Waals surface area contributed by atoms with Gasteiger partial charge in [0, 0.05) is 32.7 Å². The summed E-state index contributed by atoms with van der Waals surface area (Å²) in [5, 5.41) is 11.3. The van der Waals surface area contributed by atoms with Crippen LogP contribution in [0.4, 0.5) is 0 Å². The number of nitrogens with two attached hydrogens (primary N) is 1. The molecular weight excluding hydrogens is 260 g/mol. The normalized spacial score (nSPS) is 17.3. The minimum absolute atomic E-state index is 0.0211. The molecule has 0 heterocycles. The van der Waals surface area contributed by atoms with Crippen LogP contribution in [-0.2, 0) is 14.9 Å². The number of rotatable bonds is 9. The van der Waals surface area contributed by atoms with Gasteiger partial charge < -0.3 is 15.7 Å². The highest BCUT2D eigenvalue weighted by molar-refractivity contribution is 7.87. The minimum Gasteiger partial charge on any atom is -0.409 e. The van der Waals surface area contributed by atoms with Crippen molar-refractivity contribution in [1.82, 2.24) is 9.03 Å². The zero-order valence-corrected chi connectivity index (χ0v) is 11.2. The Kier molecular flexibility index (Phi) is 5.79. The van der Waals surface area contributed by atoms with Gasteiger partial charge in [-0.05, 0) is 12.8 Å². The molecule has 106 valence electrons. The molecule has 0 aromatic heterocycles. The first-order valence-corrected chi connectivity index (χ1v) is 7.17. The summed E-state index contributed by atoms with van der Waals surface area (Å²) in [6.07, 6.45) is 1.90. The van der Waals surface area contributed by atoms with Gasteiger partial charge in [-0.3, -0.25) is 0 Å². The molecule has 1 aliphatic carbocycles. The Labute approximate surface area is 107 Å². The number of amidine groups is 1. The monoisotopic (exact) mass is 280 g/mol. The zero-order chi connectivity index (χ0) is 13.6. The fraction of sp³-hybridized carbons (Fsp3) is 0.889. The highest BCUT2D eigenvalue weighted by Gasteiger charge is 2.36. The molecule has 0 atom stereocenters. The first-order chi connectivity index (χ1) is 8.51. The zero-order valence-electron chi connectivity index (χ0n) is 10.4. The maximum absolute atomic E-state index is 12.0. The predicted molar refractivity (Wildman–Crippen MR) is 66.6 cm³/mol. The van der Waals surface area contributed by atoms with Crippen LogP contribution in [0.15, 0.2) is 5.16 Å². The van der Waals surface area contributed by atoms with Crippen LogP contribution in [0.2, 0.25) is 0 Å². The van der Waals surface area contributed by atoms with Crippen molar-refractivity contribution >= 4 is 16.0 Å². The molecule has 4 N–H and O–H groups in total. The van der Waals surface area contributed by atoms with Crippen molar-refractivity contribution in [2.45, 2.75) is 25.3 Å². The maximum Gasteiger partial charge on any atom is 0.279 e. The summed E-state index contributed by atoms with van der Waals surface area (Å²) in [5.41, 5.74) is 5.34. The predicted octanol–water partition coefficient (Wildman–Crippen LogP) is -0.932. The Hall–Kier alpha value is -0.900. The molecule has 0 aromatic rings. The van der Waals surface area contributed by atoms with Gasteiger partial charge in [0.2, 0.25) is 0 Å². The lowest BCUT2D eigenvalue weighted by molar-refractivity contribution is 0.203. The van der Waals surface area contributed by atoms with E-state index in [0.717, 1.165) is 12.8 Å². The fourth-order valence-corrected chi connectivity index (χ4v) is 2.93. The first-order valence-electron chi connectivity index (χ1n) is 5.73. The summed E-state index contributed by atoms with van der Waals surface area (Å²) in [5.74, 6) is 0.0211. The molecule has 0 spiro atoms. The lowest BCUT2D eigenvalue weighted by Crippen LogP contribution is -2.44.